The first kappa shape index (κ1) is 19.8. The van der Waals surface area contributed by atoms with Gasteiger partial charge in [-0.2, -0.15) is 0 Å². The van der Waals surface area contributed by atoms with Crippen molar-refractivity contribution >= 4 is 28.8 Å². The van der Waals surface area contributed by atoms with E-state index in [1.54, 1.807) is 11.3 Å². The molecule has 0 saturated carbocycles. The third-order valence-electron chi connectivity index (χ3n) is 5.36. The molecule has 6 heteroatoms. The van der Waals surface area contributed by atoms with Crippen LogP contribution < -0.4 is 10.1 Å². The van der Waals surface area contributed by atoms with Crippen LogP contribution in [0.2, 0.25) is 5.02 Å². The summed E-state index contributed by atoms with van der Waals surface area (Å²) in [5, 5.41) is 4.64. The van der Waals surface area contributed by atoms with E-state index in [-0.39, 0.29) is 5.91 Å². The zero-order chi connectivity index (χ0) is 21.4. The van der Waals surface area contributed by atoms with E-state index in [9.17, 15) is 4.79 Å². The minimum atomic E-state index is -0.419. The summed E-state index contributed by atoms with van der Waals surface area (Å²) in [7, 11) is 0. The van der Waals surface area contributed by atoms with Crippen LogP contribution in [0, 0.1) is 6.92 Å². The summed E-state index contributed by atoms with van der Waals surface area (Å²) in [6, 6.07) is 23.0. The number of benzene rings is 3. The van der Waals surface area contributed by atoms with Gasteiger partial charge in [0.05, 0.1) is 23.2 Å². The SMILES string of the molecule is Cc1nc(-c2ccccc2Cl)sc1CNC(=O)C1c2ccccc2Oc2ccccc21. The van der Waals surface area contributed by atoms with Gasteiger partial charge in [0.15, 0.2) is 0 Å². The zero-order valence-electron chi connectivity index (χ0n) is 16.8. The Labute approximate surface area is 189 Å². The maximum atomic E-state index is 13.3. The lowest BCUT2D eigenvalue weighted by atomic mass is 9.87. The molecule has 0 saturated heterocycles. The number of hydrogen-bond donors (Lipinski definition) is 1. The second-order valence-corrected chi connectivity index (χ2v) is 8.83. The molecule has 1 aliphatic rings. The van der Waals surface area contributed by atoms with E-state index in [0.717, 1.165) is 43.8 Å². The minimum absolute atomic E-state index is 0.0599. The molecule has 1 aliphatic heterocycles. The van der Waals surface area contributed by atoms with Crippen LogP contribution in [-0.2, 0) is 11.3 Å². The van der Waals surface area contributed by atoms with Gasteiger partial charge in [0.25, 0.3) is 0 Å². The lowest BCUT2D eigenvalue weighted by Crippen LogP contribution is -2.31. The average Bonchev–Trinajstić information content (AvgIpc) is 3.16. The van der Waals surface area contributed by atoms with Gasteiger partial charge in [-0.1, -0.05) is 66.2 Å². The van der Waals surface area contributed by atoms with Crippen LogP contribution >= 0.6 is 22.9 Å². The second-order valence-electron chi connectivity index (χ2n) is 7.34. The zero-order valence-corrected chi connectivity index (χ0v) is 18.3. The van der Waals surface area contributed by atoms with Gasteiger partial charge in [-0.05, 0) is 25.1 Å². The van der Waals surface area contributed by atoms with Crippen LogP contribution in [-0.4, -0.2) is 10.9 Å². The first-order valence-electron chi connectivity index (χ1n) is 9.96. The highest BCUT2D eigenvalue weighted by Crippen LogP contribution is 2.44. The number of aryl methyl sites for hydroxylation is 1. The Hall–Kier alpha value is -3.15. The monoisotopic (exact) mass is 446 g/mol. The molecule has 0 fully saturated rings. The van der Waals surface area contributed by atoms with E-state index in [2.05, 4.69) is 10.3 Å². The fourth-order valence-electron chi connectivity index (χ4n) is 3.80. The first-order chi connectivity index (χ1) is 15.1. The highest BCUT2D eigenvalue weighted by atomic mass is 35.5. The highest BCUT2D eigenvalue weighted by Gasteiger charge is 2.32. The number of para-hydroxylation sites is 2. The van der Waals surface area contributed by atoms with Crippen LogP contribution in [0.5, 0.6) is 11.5 Å². The molecular formula is C25H19ClN2O2S. The van der Waals surface area contributed by atoms with E-state index in [4.69, 9.17) is 16.3 Å². The number of hydrogen-bond acceptors (Lipinski definition) is 4. The number of amides is 1. The summed E-state index contributed by atoms with van der Waals surface area (Å²) in [5.74, 6) is 0.959. The molecule has 0 atom stereocenters. The fourth-order valence-corrected chi connectivity index (χ4v) is 5.13. The number of nitrogens with zero attached hydrogens (tertiary/aromatic N) is 1. The molecule has 5 rings (SSSR count). The molecule has 2 heterocycles. The van der Waals surface area contributed by atoms with Crippen LogP contribution in [0.1, 0.15) is 27.6 Å². The molecule has 4 nitrogen and oxygen atoms in total. The van der Waals surface area contributed by atoms with Crippen molar-refractivity contribution in [2.45, 2.75) is 19.4 Å². The normalized spacial score (nSPS) is 12.6. The summed E-state index contributed by atoms with van der Waals surface area (Å²) in [5.41, 5.74) is 3.54. The molecule has 0 bridgehead atoms. The van der Waals surface area contributed by atoms with Gasteiger partial charge in [-0.3, -0.25) is 4.79 Å². The third kappa shape index (κ3) is 3.71. The molecule has 3 aromatic carbocycles. The largest absolute Gasteiger partial charge is 0.457 e. The van der Waals surface area contributed by atoms with Gasteiger partial charge in [-0.15, -0.1) is 11.3 Å². The predicted octanol–water partition coefficient (Wildman–Crippen LogP) is 6.33. The summed E-state index contributed by atoms with van der Waals surface area (Å²) in [6.07, 6.45) is 0. The number of rotatable bonds is 4. The fraction of sp³-hybridized carbons (Fsp3) is 0.120. The van der Waals surface area contributed by atoms with E-state index < -0.39 is 5.92 Å². The van der Waals surface area contributed by atoms with Crippen molar-refractivity contribution in [3.63, 3.8) is 0 Å². The van der Waals surface area contributed by atoms with Crippen molar-refractivity contribution in [1.82, 2.24) is 10.3 Å². The van der Waals surface area contributed by atoms with Crippen molar-refractivity contribution in [2.75, 3.05) is 0 Å². The smallest absolute Gasteiger partial charge is 0.232 e. The maximum absolute atomic E-state index is 13.3. The molecule has 0 radical (unpaired) electrons. The second kappa shape index (κ2) is 8.17. The van der Waals surface area contributed by atoms with Gasteiger partial charge in [0.1, 0.15) is 16.5 Å². The van der Waals surface area contributed by atoms with Crippen molar-refractivity contribution in [3.8, 4) is 22.1 Å². The van der Waals surface area contributed by atoms with Crippen LogP contribution in [0.25, 0.3) is 10.6 Å². The Kier molecular flexibility index (Phi) is 5.22. The molecule has 0 unspecified atom stereocenters. The van der Waals surface area contributed by atoms with Crippen molar-refractivity contribution in [2.24, 2.45) is 0 Å². The summed E-state index contributed by atoms with van der Waals surface area (Å²) >= 11 is 7.88. The van der Waals surface area contributed by atoms with Crippen LogP contribution in [0.3, 0.4) is 0 Å². The van der Waals surface area contributed by atoms with Gasteiger partial charge >= 0.3 is 0 Å². The van der Waals surface area contributed by atoms with E-state index >= 15 is 0 Å². The predicted molar refractivity (Wildman–Crippen MR) is 124 cm³/mol. The van der Waals surface area contributed by atoms with E-state index in [1.165, 1.54) is 0 Å². The maximum Gasteiger partial charge on any atom is 0.232 e. The van der Waals surface area contributed by atoms with Crippen molar-refractivity contribution < 1.29 is 9.53 Å². The highest BCUT2D eigenvalue weighted by molar-refractivity contribution is 7.15. The Morgan fingerprint density at radius 3 is 2.29 bits per heavy atom. The molecule has 31 heavy (non-hydrogen) atoms. The summed E-state index contributed by atoms with van der Waals surface area (Å²) in [4.78, 5) is 19.0. The number of carbonyl (C=O) groups excluding carboxylic acids is 1. The number of nitrogens with one attached hydrogen (secondary N) is 1. The van der Waals surface area contributed by atoms with Gasteiger partial charge < -0.3 is 10.1 Å². The topological polar surface area (TPSA) is 51.2 Å². The first-order valence-corrected chi connectivity index (χ1v) is 11.2. The van der Waals surface area contributed by atoms with E-state index in [0.29, 0.717) is 11.6 Å². The lowest BCUT2D eigenvalue weighted by Gasteiger charge is -2.27. The van der Waals surface area contributed by atoms with Gasteiger partial charge in [-0.25, -0.2) is 4.98 Å². The van der Waals surface area contributed by atoms with Crippen LogP contribution in [0.15, 0.2) is 72.8 Å². The Bertz CT molecular complexity index is 1240. The molecule has 4 aromatic rings. The Morgan fingerprint density at radius 2 is 1.61 bits per heavy atom. The minimum Gasteiger partial charge on any atom is -0.457 e. The van der Waals surface area contributed by atoms with Crippen molar-refractivity contribution in [3.05, 3.63) is 99.5 Å². The molecule has 0 spiro atoms. The van der Waals surface area contributed by atoms with E-state index in [1.807, 2.05) is 79.7 Å². The van der Waals surface area contributed by atoms with Crippen LogP contribution in [0.4, 0.5) is 0 Å². The van der Waals surface area contributed by atoms with Gasteiger partial charge in [0, 0.05) is 21.6 Å². The molecular weight excluding hydrogens is 428 g/mol. The van der Waals surface area contributed by atoms with Crippen molar-refractivity contribution in [1.29, 1.82) is 0 Å². The standard InChI is InChI=1S/C25H19ClN2O2S/c1-15-22(31-25(28-15)16-8-2-5-11-19(16)26)14-27-24(29)23-17-9-3-6-12-20(17)30-21-13-7-4-10-18(21)23/h2-13,23H,14H2,1H3,(H,27,29). The Morgan fingerprint density at radius 1 is 1.00 bits per heavy atom. The quantitative estimate of drug-likeness (QED) is 0.398. The lowest BCUT2D eigenvalue weighted by molar-refractivity contribution is -0.122. The summed E-state index contributed by atoms with van der Waals surface area (Å²) in [6.45, 7) is 2.37. The average molecular weight is 447 g/mol. The number of carbonyl (C=O) groups is 1. The molecule has 0 aliphatic carbocycles. The number of thiazole rings is 1. The Balaban J connectivity index is 1.41. The molecule has 1 N–H and O–H groups in total. The molecule has 154 valence electrons. The third-order valence-corrected chi connectivity index (χ3v) is 6.88. The van der Waals surface area contributed by atoms with Gasteiger partial charge in [0.2, 0.25) is 5.91 Å². The number of halogens is 1. The number of fused-ring (bicyclic) bond motifs is 2. The molecule has 1 aromatic heterocycles. The molecule has 1 amide bonds. The summed E-state index contributed by atoms with van der Waals surface area (Å²) < 4.78 is 6.00. The number of aromatic nitrogens is 1. The number of ether oxygens (including phenoxy) is 1.